The number of para-hydroxylation sites is 2. The third kappa shape index (κ3) is 7.05. The van der Waals surface area contributed by atoms with Gasteiger partial charge in [-0.05, 0) is 17.7 Å². The Balaban J connectivity index is 1.40. The molecule has 3 rings (SSSR count). The maximum atomic E-state index is 12.2. The number of amides is 2. The summed E-state index contributed by atoms with van der Waals surface area (Å²) in [5.74, 6) is 1.57. The van der Waals surface area contributed by atoms with Gasteiger partial charge in [0.1, 0.15) is 5.75 Å². The van der Waals surface area contributed by atoms with Gasteiger partial charge >= 0.3 is 0 Å². The highest BCUT2D eigenvalue weighted by Crippen LogP contribution is 2.27. The monoisotopic (exact) mass is 460 g/mol. The molecule has 2 aromatic carbocycles. The summed E-state index contributed by atoms with van der Waals surface area (Å²) < 4.78 is 5.83. The Morgan fingerprint density at radius 2 is 1.70 bits per heavy atom. The van der Waals surface area contributed by atoms with Gasteiger partial charge < -0.3 is 10.1 Å². The molecule has 0 spiro atoms. The molecule has 0 radical (unpaired) electrons. The van der Waals surface area contributed by atoms with E-state index in [0.29, 0.717) is 26.7 Å². The van der Waals surface area contributed by atoms with Gasteiger partial charge in [-0.15, -0.1) is 22.0 Å². The van der Waals surface area contributed by atoms with E-state index < -0.39 is 0 Å². The van der Waals surface area contributed by atoms with E-state index in [9.17, 15) is 9.59 Å². The standard InChI is InChI=1S/C20H20N4O3S3/c1-27-16-10-6-5-9-15(16)21-18(26)13-29-20-24-23-19(30-20)22-17(25)12-28-11-14-7-3-2-4-8-14/h2-10H,11-13H2,1H3,(H,21,26)(H,22,23,25). The number of carbonyl (C=O) groups excluding carboxylic acids is 2. The van der Waals surface area contributed by atoms with E-state index in [1.165, 1.54) is 40.4 Å². The zero-order chi connectivity index (χ0) is 21.2. The van der Waals surface area contributed by atoms with Gasteiger partial charge in [-0.2, -0.15) is 0 Å². The van der Waals surface area contributed by atoms with E-state index in [4.69, 9.17) is 4.74 Å². The fourth-order valence-corrected chi connectivity index (χ4v) is 4.73. The molecule has 0 aliphatic carbocycles. The zero-order valence-electron chi connectivity index (χ0n) is 16.2. The number of aromatic nitrogens is 2. The molecule has 30 heavy (non-hydrogen) atoms. The van der Waals surface area contributed by atoms with Crippen LogP contribution in [0.2, 0.25) is 0 Å². The average Bonchev–Trinajstić information content (AvgIpc) is 3.20. The summed E-state index contributed by atoms with van der Waals surface area (Å²) in [6, 6.07) is 17.2. The molecule has 7 nitrogen and oxygen atoms in total. The van der Waals surface area contributed by atoms with E-state index in [1.54, 1.807) is 19.2 Å². The molecule has 2 amide bonds. The minimum atomic E-state index is -0.178. The smallest absolute Gasteiger partial charge is 0.236 e. The van der Waals surface area contributed by atoms with Crippen molar-refractivity contribution in [3.8, 4) is 5.75 Å². The Morgan fingerprint density at radius 1 is 0.967 bits per heavy atom. The Bertz CT molecular complexity index is 982. The quantitative estimate of drug-likeness (QED) is 0.347. The average molecular weight is 461 g/mol. The molecular weight excluding hydrogens is 440 g/mol. The first-order chi connectivity index (χ1) is 14.6. The Morgan fingerprint density at radius 3 is 2.50 bits per heavy atom. The van der Waals surface area contributed by atoms with Crippen molar-refractivity contribution in [3.63, 3.8) is 0 Å². The summed E-state index contributed by atoms with van der Waals surface area (Å²) in [5.41, 5.74) is 1.79. The highest BCUT2D eigenvalue weighted by molar-refractivity contribution is 8.01. The SMILES string of the molecule is COc1ccccc1NC(=O)CSc1nnc(NC(=O)CSCc2ccccc2)s1. The molecule has 3 aromatic rings. The largest absolute Gasteiger partial charge is 0.495 e. The van der Waals surface area contributed by atoms with Gasteiger partial charge in [-0.3, -0.25) is 14.9 Å². The fourth-order valence-electron chi connectivity index (χ4n) is 2.37. The second kappa shape index (κ2) is 11.6. The number of hydrogen-bond acceptors (Lipinski definition) is 8. The topological polar surface area (TPSA) is 93.2 Å². The first kappa shape index (κ1) is 22.1. The Labute approximate surface area is 187 Å². The van der Waals surface area contributed by atoms with Gasteiger partial charge in [0.05, 0.1) is 24.3 Å². The van der Waals surface area contributed by atoms with E-state index in [-0.39, 0.29) is 17.6 Å². The first-order valence-electron chi connectivity index (χ1n) is 8.94. The summed E-state index contributed by atoms with van der Waals surface area (Å²) >= 11 is 4.04. The maximum absolute atomic E-state index is 12.2. The van der Waals surface area contributed by atoms with Gasteiger partial charge in [0, 0.05) is 5.75 Å². The molecule has 0 saturated carbocycles. The molecule has 0 saturated heterocycles. The lowest BCUT2D eigenvalue weighted by Gasteiger charge is -2.08. The predicted molar refractivity (Wildman–Crippen MR) is 123 cm³/mol. The molecule has 10 heteroatoms. The maximum Gasteiger partial charge on any atom is 0.236 e. The Hall–Kier alpha value is -2.56. The molecule has 0 bridgehead atoms. The van der Waals surface area contributed by atoms with Crippen LogP contribution in [0, 0.1) is 0 Å². The first-order valence-corrected chi connectivity index (χ1v) is 11.9. The van der Waals surface area contributed by atoms with Crippen molar-refractivity contribution in [1.82, 2.24) is 10.2 Å². The van der Waals surface area contributed by atoms with Crippen molar-refractivity contribution in [2.24, 2.45) is 0 Å². The molecule has 0 fully saturated rings. The number of rotatable bonds is 10. The lowest BCUT2D eigenvalue weighted by molar-refractivity contribution is -0.114. The van der Waals surface area contributed by atoms with Gasteiger partial charge in [-0.1, -0.05) is 65.6 Å². The summed E-state index contributed by atoms with van der Waals surface area (Å²) in [7, 11) is 1.55. The van der Waals surface area contributed by atoms with Crippen LogP contribution in [-0.4, -0.2) is 40.6 Å². The second-order valence-corrected chi connectivity index (χ2v) is 9.12. The fraction of sp³-hybridized carbons (Fsp3) is 0.200. The van der Waals surface area contributed by atoms with E-state index in [0.717, 1.165) is 5.75 Å². The molecule has 1 aromatic heterocycles. The minimum absolute atomic E-state index is 0.127. The van der Waals surface area contributed by atoms with E-state index >= 15 is 0 Å². The highest BCUT2D eigenvalue weighted by Gasteiger charge is 2.12. The molecule has 0 unspecified atom stereocenters. The number of nitrogens with zero attached hydrogens (tertiary/aromatic N) is 2. The van der Waals surface area contributed by atoms with Crippen LogP contribution < -0.4 is 15.4 Å². The summed E-state index contributed by atoms with van der Waals surface area (Å²) in [6.07, 6.45) is 0. The van der Waals surface area contributed by atoms with Crippen molar-refractivity contribution in [3.05, 3.63) is 60.2 Å². The lowest BCUT2D eigenvalue weighted by atomic mass is 10.2. The molecule has 1 heterocycles. The zero-order valence-corrected chi connectivity index (χ0v) is 18.6. The normalized spacial score (nSPS) is 10.4. The van der Waals surface area contributed by atoms with Crippen LogP contribution in [0.4, 0.5) is 10.8 Å². The van der Waals surface area contributed by atoms with Crippen LogP contribution in [0.1, 0.15) is 5.56 Å². The number of nitrogens with one attached hydrogen (secondary N) is 2. The molecule has 0 aliphatic heterocycles. The van der Waals surface area contributed by atoms with Crippen molar-refractivity contribution in [2.45, 2.75) is 10.1 Å². The van der Waals surface area contributed by atoms with Crippen LogP contribution in [-0.2, 0) is 15.3 Å². The third-order valence-electron chi connectivity index (χ3n) is 3.71. The van der Waals surface area contributed by atoms with Crippen molar-refractivity contribution < 1.29 is 14.3 Å². The van der Waals surface area contributed by atoms with Crippen molar-refractivity contribution in [2.75, 3.05) is 29.2 Å². The second-order valence-electron chi connectivity index (χ2n) is 5.94. The summed E-state index contributed by atoms with van der Waals surface area (Å²) in [5, 5.41) is 14.0. The van der Waals surface area contributed by atoms with Gasteiger partial charge in [-0.25, -0.2) is 0 Å². The van der Waals surface area contributed by atoms with E-state index in [2.05, 4.69) is 20.8 Å². The van der Waals surface area contributed by atoms with Crippen LogP contribution in [0.5, 0.6) is 5.75 Å². The number of benzene rings is 2. The summed E-state index contributed by atoms with van der Waals surface area (Å²) in [6.45, 7) is 0. The molecule has 2 N–H and O–H groups in total. The Kier molecular flexibility index (Phi) is 8.54. The number of ether oxygens (including phenoxy) is 1. The predicted octanol–water partition coefficient (Wildman–Crippen LogP) is 4.15. The van der Waals surface area contributed by atoms with Crippen LogP contribution in [0.3, 0.4) is 0 Å². The van der Waals surface area contributed by atoms with E-state index in [1.807, 2.05) is 42.5 Å². The number of anilines is 2. The highest BCUT2D eigenvalue weighted by atomic mass is 32.2. The summed E-state index contributed by atoms with van der Waals surface area (Å²) in [4.78, 5) is 24.2. The van der Waals surface area contributed by atoms with Gasteiger partial charge in [0.25, 0.3) is 0 Å². The van der Waals surface area contributed by atoms with Crippen molar-refractivity contribution >= 4 is 57.5 Å². The van der Waals surface area contributed by atoms with Crippen LogP contribution in [0.15, 0.2) is 58.9 Å². The minimum Gasteiger partial charge on any atom is -0.495 e. The number of carbonyl (C=O) groups is 2. The number of thioether (sulfide) groups is 2. The van der Waals surface area contributed by atoms with Crippen LogP contribution in [0.25, 0.3) is 0 Å². The van der Waals surface area contributed by atoms with Crippen LogP contribution >= 0.6 is 34.9 Å². The number of methoxy groups -OCH3 is 1. The third-order valence-corrected chi connectivity index (χ3v) is 6.68. The lowest BCUT2D eigenvalue weighted by Crippen LogP contribution is -2.14. The van der Waals surface area contributed by atoms with Gasteiger partial charge in [0.15, 0.2) is 4.34 Å². The van der Waals surface area contributed by atoms with Gasteiger partial charge in [0.2, 0.25) is 16.9 Å². The molecule has 156 valence electrons. The molecule has 0 atom stereocenters. The molecule has 0 aliphatic rings. The molecular formula is C20H20N4O3S3. The van der Waals surface area contributed by atoms with Crippen molar-refractivity contribution in [1.29, 1.82) is 0 Å². The number of hydrogen-bond donors (Lipinski definition) is 2.